The molecule has 0 atom stereocenters. The average Bonchev–Trinajstić information content (AvgIpc) is 3.52. The van der Waals surface area contributed by atoms with Crippen LogP contribution in [0, 0.1) is 13.8 Å². The van der Waals surface area contributed by atoms with Crippen molar-refractivity contribution in [1.82, 2.24) is 20.0 Å². The first kappa shape index (κ1) is 23.6. The number of hydrogen-bond donors (Lipinski definition) is 1. The van der Waals surface area contributed by atoms with Crippen molar-refractivity contribution in [3.05, 3.63) is 101 Å². The smallest absolute Gasteiger partial charge is 0.287 e. The molecule has 1 saturated heterocycles. The number of furan rings is 1. The van der Waals surface area contributed by atoms with E-state index in [9.17, 15) is 9.59 Å². The van der Waals surface area contributed by atoms with E-state index in [1.807, 2.05) is 72.1 Å². The topological polar surface area (TPSA) is 80.4 Å². The molecule has 36 heavy (non-hydrogen) atoms. The highest BCUT2D eigenvalue weighted by atomic mass is 16.3. The molecule has 1 aliphatic heterocycles. The second kappa shape index (κ2) is 10.2. The second-order valence-corrected chi connectivity index (χ2v) is 9.39. The van der Waals surface area contributed by atoms with Gasteiger partial charge in [0.2, 0.25) is 0 Å². The van der Waals surface area contributed by atoms with Gasteiger partial charge in [-0.3, -0.25) is 14.3 Å². The van der Waals surface area contributed by atoms with Crippen LogP contribution in [0.1, 0.15) is 50.6 Å². The number of hydrogen-bond acceptors (Lipinski definition) is 4. The summed E-state index contributed by atoms with van der Waals surface area (Å²) in [6, 6.07) is 21.7. The summed E-state index contributed by atoms with van der Waals surface area (Å²) < 4.78 is 7.27. The molecule has 0 bridgehead atoms. The summed E-state index contributed by atoms with van der Waals surface area (Å²) in [5.74, 6) is 0.783. The van der Waals surface area contributed by atoms with E-state index in [1.165, 1.54) is 0 Å². The van der Waals surface area contributed by atoms with Crippen molar-refractivity contribution in [3.8, 4) is 11.3 Å². The number of piperidine rings is 1. The maximum atomic E-state index is 13.6. The number of carbonyl (C=O) groups is 2. The van der Waals surface area contributed by atoms with E-state index < -0.39 is 0 Å². The standard InChI is InChI=1S/C29H30N4O3/c1-20-8-11-23(12-9-20)27-25(19-33(31-27)18-22-6-4-3-5-7-22)29(35)32-16-14-24(15-17-32)30-28(34)26-13-10-21(2)36-26/h3-13,19,24H,14-18H2,1-2H3,(H,30,34). The zero-order valence-electron chi connectivity index (χ0n) is 20.6. The predicted molar refractivity (Wildman–Crippen MR) is 138 cm³/mol. The van der Waals surface area contributed by atoms with Crippen LogP contribution in [-0.4, -0.2) is 45.6 Å². The summed E-state index contributed by atoms with van der Waals surface area (Å²) in [5, 5.41) is 7.85. The number of amides is 2. The molecule has 184 valence electrons. The minimum atomic E-state index is -0.211. The second-order valence-electron chi connectivity index (χ2n) is 9.39. The molecule has 1 fully saturated rings. The van der Waals surface area contributed by atoms with Gasteiger partial charge in [-0.25, -0.2) is 0 Å². The number of nitrogens with one attached hydrogen (secondary N) is 1. The predicted octanol–water partition coefficient (Wildman–Crippen LogP) is 4.84. The van der Waals surface area contributed by atoms with Gasteiger partial charge in [-0.15, -0.1) is 0 Å². The van der Waals surface area contributed by atoms with Gasteiger partial charge in [0.25, 0.3) is 11.8 Å². The van der Waals surface area contributed by atoms with E-state index in [4.69, 9.17) is 9.52 Å². The van der Waals surface area contributed by atoms with Crippen LogP contribution in [0.4, 0.5) is 0 Å². The molecule has 7 heteroatoms. The molecular formula is C29H30N4O3. The number of nitrogens with zero attached hydrogens (tertiary/aromatic N) is 3. The van der Waals surface area contributed by atoms with E-state index in [0.717, 1.165) is 16.7 Å². The highest BCUT2D eigenvalue weighted by molar-refractivity contribution is 6.00. The molecule has 2 amide bonds. The number of aryl methyl sites for hydroxylation is 2. The lowest BCUT2D eigenvalue weighted by molar-refractivity contribution is 0.0696. The van der Waals surface area contributed by atoms with E-state index >= 15 is 0 Å². The summed E-state index contributed by atoms with van der Waals surface area (Å²) in [5.41, 5.74) is 4.50. The minimum Gasteiger partial charge on any atom is -0.456 e. The Morgan fingerprint density at radius 1 is 0.972 bits per heavy atom. The van der Waals surface area contributed by atoms with Crippen molar-refractivity contribution in [3.63, 3.8) is 0 Å². The largest absolute Gasteiger partial charge is 0.456 e. The molecule has 2 aromatic heterocycles. The Bertz CT molecular complexity index is 1350. The third-order valence-electron chi connectivity index (χ3n) is 6.59. The van der Waals surface area contributed by atoms with Crippen molar-refractivity contribution in [2.75, 3.05) is 13.1 Å². The first-order chi connectivity index (χ1) is 17.5. The first-order valence-electron chi connectivity index (χ1n) is 12.3. The lowest BCUT2D eigenvalue weighted by Crippen LogP contribution is -2.46. The fourth-order valence-corrected chi connectivity index (χ4v) is 4.56. The maximum Gasteiger partial charge on any atom is 0.287 e. The van der Waals surface area contributed by atoms with Crippen molar-refractivity contribution < 1.29 is 14.0 Å². The van der Waals surface area contributed by atoms with Gasteiger partial charge in [0.1, 0.15) is 11.5 Å². The highest BCUT2D eigenvalue weighted by Crippen LogP contribution is 2.26. The van der Waals surface area contributed by atoms with Crippen molar-refractivity contribution >= 4 is 11.8 Å². The van der Waals surface area contributed by atoms with E-state index in [2.05, 4.69) is 17.4 Å². The molecule has 4 aromatic rings. The molecule has 2 aromatic carbocycles. The zero-order chi connectivity index (χ0) is 25.1. The molecule has 7 nitrogen and oxygen atoms in total. The maximum absolute atomic E-state index is 13.6. The molecule has 1 N–H and O–H groups in total. The van der Waals surface area contributed by atoms with E-state index in [1.54, 1.807) is 12.1 Å². The van der Waals surface area contributed by atoms with Crippen LogP contribution in [0.25, 0.3) is 11.3 Å². The SMILES string of the molecule is Cc1ccc(-c2nn(Cc3ccccc3)cc2C(=O)N2CCC(NC(=O)c3ccc(C)o3)CC2)cc1. The quantitative estimate of drug-likeness (QED) is 0.426. The first-order valence-corrected chi connectivity index (χ1v) is 12.3. The molecule has 0 aliphatic carbocycles. The summed E-state index contributed by atoms with van der Waals surface area (Å²) in [7, 11) is 0. The monoisotopic (exact) mass is 482 g/mol. The Morgan fingerprint density at radius 2 is 1.69 bits per heavy atom. The Hall–Kier alpha value is -4.13. The molecule has 0 radical (unpaired) electrons. The third kappa shape index (κ3) is 5.25. The number of benzene rings is 2. The van der Waals surface area contributed by atoms with Gasteiger partial charge in [-0.05, 0) is 44.4 Å². The Morgan fingerprint density at radius 3 is 2.36 bits per heavy atom. The van der Waals surface area contributed by atoms with Crippen LogP contribution < -0.4 is 5.32 Å². The molecule has 0 spiro atoms. The molecule has 0 unspecified atom stereocenters. The Labute approximate surface area is 210 Å². The molecule has 3 heterocycles. The fourth-order valence-electron chi connectivity index (χ4n) is 4.56. The molecule has 1 aliphatic rings. The number of rotatable bonds is 6. The van der Waals surface area contributed by atoms with Crippen LogP contribution >= 0.6 is 0 Å². The van der Waals surface area contributed by atoms with Crippen molar-refractivity contribution in [1.29, 1.82) is 0 Å². The molecule has 5 rings (SSSR count). The van der Waals surface area contributed by atoms with Gasteiger partial charge < -0.3 is 14.6 Å². The van der Waals surface area contributed by atoms with Crippen LogP contribution in [0.15, 0.2) is 77.3 Å². The van der Waals surface area contributed by atoms with Crippen LogP contribution in [0.2, 0.25) is 0 Å². The van der Waals surface area contributed by atoms with Gasteiger partial charge in [0, 0.05) is 30.9 Å². The molecule has 0 saturated carbocycles. The number of aromatic nitrogens is 2. The number of carbonyl (C=O) groups excluding carboxylic acids is 2. The normalized spacial score (nSPS) is 14.1. The van der Waals surface area contributed by atoms with Gasteiger partial charge in [-0.1, -0.05) is 60.2 Å². The van der Waals surface area contributed by atoms with Gasteiger partial charge >= 0.3 is 0 Å². The zero-order valence-corrected chi connectivity index (χ0v) is 20.6. The highest BCUT2D eigenvalue weighted by Gasteiger charge is 2.28. The van der Waals surface area contributed by atoms with Gasteiger partial charge in [0.05, 0.1) is 12.1 Å². The minimum absolute atomic E-state index is 0.00401. The van der Waals surface area contributed by atoms with E-state index in [-0.39, 0.29) is 17.9 Å². The summed E-state index contributed by atoms with van der Waals surface area (Å²) >= 11 is 0. The average molecular weight is 483 g/mol. The summed E-state index contributed by atoms with van der Waals surface area (Å²) in [6.07, 6.45) is 3.24. The molecular weight excluding hydrogens is 452 g/mol. The van der Waals surface area contributed by atoms with Gasteiger partial charge in [0.15, 0.2) is 5.76 Å². The van der Waals surface area contributed by atoms with E-state index in [0.29, 0.717) is 55.3 Å². The van der Waals surface area contributed by atoms with Crippen molar-refractivity contribution in [2.45, 2.75) is 39.3 Å². The lowest BCUT2D eigenvalue weighted by atomic mass is 10.0. The van der Waals surface area contributed by atoms with Crippen LogP contribution in [0.3, 0.4) is 0 Å². The van der Waals surface area contributed by atoms with Crippen LogP contribution in [-0.2, 0) is 6.54 Å². The van der Waals surface area contributed by atoms with Crippen molar-refractivity contribution in [2.24, 2.45) is 0 Å². The summed E-state index contributed by atoms with van der Waals surface area (Å²) in [6.45, 7) is 5.58. The fraction of sp³-hybridized carbons (Fsp3) is 0.276. The number of likely N-dealkylation sites (tertiary alicyclic amines) is 1. The summed E-state index contributed by atoms with van der Waals surface area (Å²) in [4.78, 5) is 28.0. The Kier molecular flexibility index (Phi) is 6.71. The van der Waals surface area contributed by atoms with Gasteiger partial charge in [-0.2, -0.15) is 5.10 Å². The van der Waals surface area contributed by atoms with Crippen LogP contribution in [0.5, 0.6) is 0 Å². The Balaban J connectivity index is 1.31. The third-order valence-corrected chi connectivity index (χ3v) is 6.59. The lowest BCUT2D eigenvalue weighted by Gasteiger charge is -2.32.